The van der Waals surface area contributed by atoms with Crippen molar-refractivity contribution >= 4 is 17.6 Å². The summed E-state index contributed by atoms with van der Waals surface area (Å²) in [7, 11) is 0. The average molecular weight is 316 g/mol. The minimum Gasteiger partial charge on any atom is -0.389 e. The number of amides is 2. The second-order valence-electron chi connectivity index (χ2n) is 5.11. The Morgan fingerprint density at radius 3 is 2.30 bits per heavy atom. The molecule has 0 fully saturated rings. The molecule has 0 saturated heterocycles. The summed E-state index contributed by atoms with van der Waals surface area (Å²) in [6.07, 6.45) is 1.32. The fourth-order valence-corrected chi connectivity index (χ4v) is 2.46. The molecule has 9 heteroatoms. The summed E-state index contributed by atoms with van der Waals surface area (Å²) in [5.41, 5.74) is 0.617. The molecule has 0 radical (unpaired) electrons. The predicted molar refractivity (Wildman–Crippen MR) is 76.7 cm³/mol. The van der Waals surface area contributed by atoms with Gasteiger partial charge in [-0.05, 0) is 22.0 Å². The van der Waals surface area contributed by atoms with Crippen molar-refractivity contribution in [2.75, 3.05) is 6.54 Å². The number of rotatable bonds is 5. The van der Waals surface area contributed by atoms with Crippen LogP contribution in [0.25, 0.3) is 0 Å². The van der Waals surface area contributed by atoms with Gasteiger partial charge in [-0.25, -0.2) is 0 Å². The number of nitrogens with zero attached hydrogens (tertiary/aromatic N) is 4. The number of benzene rings is 1. The monoisotopic (exact) mass is 316 g/mol. The van der Waals surface area contributed by atoms with Crippen LogP contribution in [0.2, 0.25) is 0 Å². The van der Waals surface area contributed by atoms with Crippen LogP contribution >= 0.6 is 0 Å². The van der Waals surface area contributed by atoms with Crippen LogP contribution in [0, 0.1) is 10.1 Å². The van der Waals surface area contributed by atoms with Gasteiger partial charge in [0.2, 0.25) is 6.33 Å². The zero-order chi connectivity index (χ0) is 16.6. The van der Waals surface area contributed by atoms with Gasteiger partial charge in [-0.15, -0.1) is 0 Å². The van der Waals surface area contributed by atoms with Crippen LogP contribution in [-0.2, 0) is 6.54 Å². The van der Waals surface area contributed by atoms with E-state index < -0.39 is 22.8 Å². The van der Waals surface area contributed by atoms with Crippen molar-refractivity contribution in [3.05, 3.63) is 58.0 Å². The number of carbonyl (C=O) groups excluding carboxylic acids is 2. The molecule has 2 aromatic rings. The first-order valence-electron chi connectivity index (χ1n) is 6.77. The Balaban J connectivity index is 1.69. The Labute approximate surface area is 129 Å². The number of nitro groups is 1. The molecule has 1 atom stereocenters. The molecule has 9 nitrogen and oxygen atoms in total. The lowest BCUT2D eigenvalue weighted by molar-refractivity contribution is -0.389. The van der Waals surface area contributed by atoms with E-state index in [0.717, 1.165) is 4.90 Å². The quantitative estimate of drug-likeness (QED) is 0.486. The number of β-amino-alcohol motifs (C(OH)–C–C–N with tert-alkyl or cyclic N) is 1. The summed E-state index contributed by atoms with van der Waals surface area (Å²) in [6.45, 7) is -0.216. The van der Waals surface area contributed by atoms with Crippen LogP contribution in [-0.4, -0.2) is 48.9 Å². The normalized spacial score (nSPS) is 14.9. The molecule has 0 aliphatic carbocycles. The molecule has 118 valence electrons. The fourth-order valence-electron chi connectivity index (χ4n) is 2.46. The average Bonchev–Trinajstić information content (AvgIpc) is 3.07. The number of aliphatic hydroxyl groups is 1. The molecule has 3 rings (SSSR count). The summed E-state index contributed by atoms with van der Waals surface area (Å²) in [4.78, 5) is 38.8. The number of hydrogen-bond acceptors (Lipinski definition) is 6. The molecule has 1 aromatic carbocycles. The number of aromatic nitrogens is 2. The summed E-state index contributed by atoms with van der Waals surface area (Å²) >= 11 is 0. The smallest absolute Gasteiger partial charge is 0.381 e. The van der Waals surface area contributed by atoms with Gasteiger partial charge in [-0.3, -0.25) is 14.5 Å². The molecular weight excluding hydrogens is 304 g/mol. The maximum atomic E-state index is 12.2. The van der Waals surface area contributed by atoms with E-state index in [1.54, 1.807) is 24.3 Å². The van der Waals surface area contributed by atoms with Crippen molar-refractivity contribution < 1.29 is 19.6 Å². The highest BCUT2D eigenvalue weighted by Crippen LogP contribution is 2.22. The van der Waals surface area contributed by atoms with E-state index in [9.17, 15) is 24.8 Å². The molecule has 0 saturated carbocycles. The van der Waals surface area contributed by atoms with Gasteiger partial charge in [-0.1, -0.05) is 12.1 Å². The Bertz CT molecular complexity index is 765. The van der Waals surface area contributed by atoms with Crippen LogP contribution in [0.5, 0.6) is 0 Å². The molecule has 23 heavy (non-hydrogen) atoms. The summed E-state index contributed by atoms with van der Waals surface area (Å²) < 4.78 is 1.33. The maximum absolute atomic E-state index is 12.2. The van der Waals surface area contributed by atoms with Crippen molar-refractivity contribution in [3.8, 4) is 0 Å². The minimum absolute atomic E-state index is 0.0196. The maximum Gasteiger partial charge on any atom is 0.381 e. The van der Waals surface area contributed by atoms with Crippen molar-refractivity contribution in [1.82, 2.24) is 14.5 Å². The predicted octanol–water partition coefficient (Wildman–Crippen LogP) is 0.448. The van der Waals surface area contributed by atoms with Gasteiger partial charge in [0, 0.05) is 0 Å². The zero-order valence-electron chi connectivity index (χ0n) is 11.8. The molecule has 2 amide bonds. The van der Waals surface area contributed by atoms with Crippen molar-refractivity contribution in [3.63, 3.8) is 0 Å². The number of aliphatic hydroxyl groups excluding tert-OH is 1. The van der Waals surface area contributed by atoms with Crippen molar-refractivity contribution in [1.29, 1.82) is 0 Å². The number of imidazole rings is 1. The first-order chi connectivity index (χ1) is 11.0. The van der Waals surface area contributed by atoms with E-state index in [1.807, 2.05) is 0 Å². The standard InChI is InChI=1S/C14H12N4O5/c19-9(5-16-7-12(15-8-16)18(22)23)6-17-13(20)10-3-1-2-4-11(10)14(17)21/h1-4,7-9,19H,5-6H2/t9-/m0/s1. The lowest BCUT2D eigenvalue weighted by Gasteiger charge is -2.18. The SMILES string of the molecule is O=C1c2ccccc2C(=O)N1C[C@@H](O)Cn1cnc([N+](=O)[O-])c1. The van der Waals surface area contributed by atoms with Gasteiger partial charge >= 0.3 is 5.82 Å². The molecule has 1 aromatic heterocycles. The van der Waals surface area contributed by atoms with Crippen LogP contribution in [0.4, 0.5) is 5.82 Å². The molecule has 0 spiro atoms. The van der Waals surface area contributed by atoms with Gasteiger partial charge in [-0.2, -0.15) is 0 Å². The van der Waals surface area contributed by atoms with E-state index >= 15 is 0 Å². The highest BCUT2D eigenvalue weighted by atomic mass is 16.6. The van der Waals surface area contributed by atoms with E-state index in [4.69, 9.17) is 0 Å². The summed E-state index contributed by atoms with van der Waals surface area (Å²) in [5, 5.41) is 20.6. The molecule has 0 bridgehead atoms. The topological polar surface area (TPSA) is 119 Å². The largest absolute Gasteiger partial charge is 0.389 e. The highest BCUT2D eigenvalue weighted by Gasteiger charge is 2.36. The second-order valence-corrected chi connectivity index (χ2v) is 5.11. The third-order valence-electron chi connectivity index (χ3n) is 3.50. The van der Waals surface area contributed by atoms with E-state index in [-0.39, 0.29) is 18.9 Å². The highest BCUT2D eigenvalue weighted by molar-refractivity contribution is 6.21. The van der Waals surface area contributed by atoms with Gasteiger partial charge in [0.1, 0.15) is 6.20 Å². The van der Waals surface area contributed by atoms with Crippen LogP contribution in [0.1, 0.15) is 20.7 Å². The Morgan fingerprint density at radius 1 is 1.17 bits per heavy atom. The van der Waals surface area contributed by atoms with Gasteiger partial charge in [0.15, 0.2) is 0 Å². The van der Waals surface area contributed by atoms with Crippen LogP contribution in [0.15, 0.2) is 36.8 Å². The number of fused-ring (bicyclic) bond motifs is 1. The lowest BCUT2D eigenvalue weighted by Crippen LogP contribution is -2.38. The third-order valence-corrected chi connectivity index (χ3v) is 3.50. The van der Waals surface area contributed by atoms with Gasteiger partial charge in [0.05, 0.1) is 30.3 Å². The molecule has 0 unspecified atom stereocenters. The van der Waals surface area contributed by atoms with Crippen molar-refractivity contribution in [2.45, 2.75) is 12.6 Å². The Hall–Kier alpha value is -3.07. The third kappa shape index (κ3) is 2.69. The van der Waals surface area contributed by atoms with E-state index in [0.29, 0.717) is 11.1 Å². The number of hydrogen-bond donors (Lipinski definition) is 1. The fraction of sp³-hybridized carbons (Fsp3) is 0.214. The minimum atomic E-state index is -1.06. The van der Waals surface area contributed by atoms with Gasteiger partial charge in [0.25, 0.3) is 11.8 Å². The number of imide groups is 1. The lowest BCUT2D eigenvalue weighted by atomic mass is 10.1. The second kappa shape index (κ2) is 5.61. The molecule has 2 heterocycles. The summed E-state index contributed by atoms with van der Waals surface area (Å²) in [5.74, 6) is -1.25. The van der Waals surface area contributed by atoms with E-state index in [1.165, 1.54) is 17.1 Å². The van der Waals surface area contributed by atoms with E-state index in [2.05, 4.69) is 4.98 Å². The number of carbonyl (C=O) groups is 2. The molecule has 1 N–H and O–H groups in total. The first-order valence-corrected chi connectivity index (χ1v) is 6.77. The molecule has 1 aliphatic rings. The first kappa shape index (κ1) is 14.9. The van der Waals surface area contributed by atoms with Crippen molar-refractivity contribution in [2.24, 2.45) is 0 Å². The van der Waals surface area contributed by atoms with Crippen LogP contribution in [0.3, 0.4) is 0 Å². The molecular formula is C14H12N4O5. The van der Waals surface area contributed by atoms with Crippen LogP contribution < -0.4 is 0 Å². The zero-order valence-corrected chi connectivity index (χ0v) is 11.8. The van der Waals surface area contributed by atoms with Gasteiger partial charge < -0.3 is 19.8 Å². The Morgan fingerprint density at radius 2 is 1.78 bits per heavy atom. The molecule has 1 aliphatic heterocycles. The Kier molecular flexibility index (Phi) is 3.62. The summed E-state index contributed by atoms with van der Waals surface area (Å²) in [6, 6.07) is 6.44.